The molecule has 0 saturated heterocycles. The van der Waals surface area contributed by atoms with Crippen LogP contribution < -0.4 is 0 Å². The third-order valence-corrected chi connectivity index (χ3v) is 2.54. The summed E-state index contributed by atoms with van der Waals surface area (Å²) in [5.74, 6) is 0.939. The van der Waals surface area contributed by atoms with Crippen LogP contribution in [-0.2, 0) is 0 Å². The number of rotatable bonds is 2. The molecule has 0 nitrogen and oxygen atoms in total. The highest BCUT2D eigenvalue weighted by Crippen LogP contribution is 2.28. The Balaban J connectivity index is 2.13. The lowest BCUT2D eigenvalue weighted by Gasteiger charge is -2.22. The number of hydrogen-bond acceptors (Lipinski definition) is 1. The van der Waals surface area contributed by atoms with Crippen LogP contribution in [0, 0.1) is 12.8 Å². The summed E-state index contributed by atoms with van der Waals surface area (Å²) < 4.78 is 0. The Bertz CT molecular complexity index is 82.7. The van der Waals surface area contributed by atoms with E-state index < -0.39 is 0 Å². The minimum absolute atomic E-state index is 0.364. The molecule has 10 heavy (non-hydrogen) atoms. The van der Waals surface area contributed by atoms with Gasteiger partial charge in [-0.15, -0.1) is 0 Å². The smallest absolute Gasteiger partial charge is 0.00198 e. The van der Waals surface area contributed by atoms with Gasteiger partial charge in [0.05, 0.1) is 0 Å². The number of thiol groups is 1. The summed E-state index contributed by atoms with van der Waals surface area (Å²) in [6, 6.07) is 0. The molecule has 0 amide bonds. The summed E-state index contributed by atoms with van der Waals surface area (Å²) in [5.41, 5.74) is 0. The van der Waals surface area contributed by atoms with Gasteiger partial charge in [-0.2, -0.15) is 12.6 Å². The standard InChI is InChI=1S/C9H17S/c1-8(10)7-9-5-3-2-4-6-9/h8-10H,1-7H2. The van der Waals surface area contributed by atoms with E-state index in [1.807, 2.05) is 0 Å². The van der Waals surface area contributed by atoms with E-state index in [-0.39, 0.29) is 0 Å². The van der Waals surface area contributed by atoms with Gasteiger partial charge in [0, 0.05) is 5.25 Å². The lowest BCUT2D eigenvalue weighted by Crippen LogP contribution is -2.10. The number of hydrogen-bond donors (Lipinski definition) is 1. The summed E-state index contributed by atoms with van der Waals surface area (Å²) in [7, 11) is 0. The summed E-state index contributed by atoms with van der Waals surface area (Å²) in [5, 5.41) is 0.364. The maximum absolute atomic E-state index is 4.30. The van der Waals surface area contributed by atoms with Crippen LogP contribution in [0.1, 0.15) is 38.5 Å². The fourth-order valence-corrected chi connectivity index (χ4v) is 2.11. The van der Waals surface area contributed by atoms with Crippen molar-refractivity contribution in [2.24, 2.45) is 5.92 Å². The lowest BCUT2D eigenvalue weighted by molar-refractivity contribution is 0.343. The molecule has 0 aromatic heterocycles. The average Bonchev–Trinajstić information content (AvgIpc) is 1.88. The SMILES string of the molecule is [CH2]C(S)CC1CCCCC1. The summed E-state index contributed by atoms with van der Waals surface area (Å²) in [6.45, 7) is 3.90. The minimum atomic E-state index is 0.364. The third kappa shape index (κ3) is 2.96. The molecule has 1 aliphatic carbocycles. The molecule has 1 heteroatoms. The second kappa shape index (κ2) is 4.27. The van der Waals surface area contributed by atoms with E-state index >= 15 is 0 Å². The van der Waals surface area contributed by atoms with Gasteiger partial charge in [0.1, 0.15) is 0 Å². The van der Waals surface area contributed by atoms with Crippen molar-refractivity contribution < 1.29 is 0 Å². The second-order valence-corrected chi connectivity index (χ2v) is 4.12. The van der Waals surface area contributed by atoms with Crippen molar-refractivity contribution >= 4 is 12.6 Å². The van der Waals surface area contributed by atoms with Crippen LogP contribution in [0.15, 0.2) is 0 Å². The molecule has 1 aliphatic rings. The molecule has 0 aliphatic heterocycles. The molecule has 0 heterocycles. The van der Waals surface area contributed by atoms with Crippen molar-refractivity contribution in [2.45, 2.75) is 43.8 Å². The van der Waals surface area contributed by atoms with Gasteiger partial charge in [0.2, 0.25) is 0 Å². The monoisotopic (exact) mass is 157 g/mol. The van der Waals surface area contributed by atoms with Gasteiger partial charge in [-0.05, 0) is 19.3 Å². The third-order valence-electron chi connectivity index (χ3n) is 2.33. The van der Waals surface area contributed by atoms with Crippen LogP contribution in [0.25, 0.3) is 0 Å². The van der Waals surface area contributed by atoms with Crippen molar-refractivity contribution in [3.8, 4) is 0 Å². The zero-order chi connectivity index (χ0) is 7.40. The first-order chi connectivity index (χ1) is 4.79. The van der Waals surface area contributed by atoms with E-state index in [9.17, 15) is 0 Å². The fraction of sp³-hybridized carbons (Fsp3) is 0.889. The molecule has 1 atom stereocenters. The Morgan fingerprint density at radius 2 is 1.90 bits per heavy atom. The van der Waals surface area contributed by atoms with Crippen LogP contribution in [0.4, 0.5) is 0 Å². The molecule has 0 bridgehead atoms. The van der Waals surface area contributed by atoms with Gasteiger partial charge in [0.25, 0.3) is 0 Å². The van der Waals surface area contributed by atoms with Crippen molar-refractivity contribution in [3.63, 3.8) is 0 Å². The van der Waals surface area contributed by atoms with Crippen LogP contribution in [-0.4, -0.2) is 5.25 Å². The van der Waals surface area contributed by atoms with Crippen molar-refractivity contribution in [1.82, 2.24) is 0 Å². The molecule has 1 rings (SSSR count). The van der Waals surface area contributed by atoms with Gasteiger partial charge in [0.15, 0.2) is 0 Å². The van der Waals surface area contributed by atoms with E-state index in [1.54, 1.807) is 0 Å². The molecule has 1 unspecified atom stereocenters. The Morgan fingerprint density at radius 3 is 2.40 bits per heavy atom. The zero-order valence-corrected chi connectivity index (χ0v) is 7.45. The predicted octanol–water partition coefficient (Wildman–Crippen LogP) is 3.09. The molecule has 0 aromatic carbocycles. The van der Waals surface area contributed by atoms with Crippen molar-refractivity contribution in [1.29, 1.82) is 0 Å². The molecule has 0 spiro atoms. The van der Waals surface area contributed by atoms with E-state index in [1.165, 1.54) is 38.5 Å². The highest BCUT2D eigenvalue weighted by atomic mass is 32.1. The minimum Gasteiger partial charge on any atom is -0.176 e. The quantitative estimate of drug-likeness (QED) is 0.585. The van der Waals surface area contributed by atoms with Crippen LogP contribution in [0.3, 0.4) is 0 Å². The Morgan fingerprint density at radius 1 is 1.30 bits per heavy atom. The molecule has 1 radical (unpaired) electrons. The Kier molecular flexibility index (Phi) is 3.61. The molecule has 59 valence electrons. The largest absolute Gasteiger partial charge is 0.176 e. The predicted molar refractivity (Wildman–Crippen MR) is 49.3 cm³/mol. The van der Waals surface area contributed by atoms with Gasteiger partial charge >= 0.3 is 0 Å². The lowest BCUT2D eigenvalue weighted by atomic mass is 9.86. The molecular formula is C9H17S. The van der Waals surface area contributed by atoms with Gasteiger partial charge in [-0.1, -0.05) is 32.1 Å². The first-order valence-corrected chi connectivity index (χ1v) is 4.82. The van der Waals surface area contributed by atoms with E-state index in [2.05, 4.69) is 19.6 Å². The van der Waals surface area contributed by atoms with Crippen LogP contribution >= 0.6 is 12.6 Å². The molecule has 0 aromatic rings. The van der Waals surface area contributed by atoms with Crippen LogP contribution in [0.5, 0.6) is 0 Å². The molecule has 0 N–H and O–H groups in total. The van der Waals surface area contributed by atoms with E-state index in [0.717, 1.165) is 5.92 Å². The molecule has 1 saturated carbocycles. The fourth-order valence-electron chi connectivity index (χ4n) is 1.81. The Hall–Kier alpha value is 0.350. The summed E-state index contributed by atoms with van der Waals surface area (Å²) >= 11 is 4.30. The zero-order valence-electron chi connectivity index (χ0n) is 6.55. The van der Waals surface area contributed by atoms with Gasteiger partial charge < -0.3 is 0 Å². The summed E-state index contributed by atoms with van der Waals surface area (Å²) in [4.78, 5) is 0. The highest BCUT2D eigenvalue weighted by Gasteiger charge is 2.14. The van der Waals surface area contributed by atoms with Crippen molar-refractivity contribution in [2.75, 3.05) is 0 Å². The topological polar surface area (TPSA) is 0 Å². The molecular weight excluding hydrogens is 140 g/mol. The maximum Gasteiger partial charge on any atom is 0.00198 e. The summed E-state index contributed by atoms with van der Waals surface area (Å²) in [6.07, 6.45) is 8.39. The maximum atomic E-state index is 4.30. The van der Waals surface area contributed by atoms with Gasteiger partial charge in [-0.25, -0.2) is 0 Å². The normalized spacial score (nSPS) is 24.6. The van der Waals surface area contributed by atoms with E-state index in [4.69, 9.17) is 0 Å². The van der Waals surface area contributed by atoms with Gasteiger partial charge in [-0.3, -0.25) is 0 Å². The average molecular weight is 157 g/mol. The molecule has 1 fully saturated rings. The van der Waals surface area contributed by atoms with Crippen LogP contribution in [0.2, 0.25) is 0 Å². The first kappa shape index (κ1) is 8.45. The first-order valence-electron chi connectivity index (χ1n) is 4.30. The van der Waals surface area contributed by atoms with E-state index in [0.29, 0.717) is 5.25 Å². The van der Waals surface area contributed by atoms with Crippen molar-refractivity contribution in [3.05, 3.63) is 6.92 Å². The highest BCUT2D eigenvalue weighted by molar-refractivity contribution is 7.81. The Labute approximate surface area is 69.8 Å². The second-order valence-electron chi connectivity index (χ2n) is 3.39.